The molecule has 0 spiro atoms. The number of aliphatic carboxylic acids is 1. The monoisotopic (exact) mass is 609 g/mol. The summed E-state index contributed by atoms with van der Waals surface area (Å²) in [5.74, 6) is -1.58. The first-order valence-corrected chi connectivity index (χ1v) is 15.3. The van der Waals surface area contributed by atoms with Gasteiger partial charge in [0.2, 0.25) is 0 Å². The molecule has 0 fully saturated rings. The van der Waals surface area contributed by atoms with Gasteiger partial charge >= 0.3 is 11.9 Å². The Balaban J connectivity index is 1.56. The number of benzene rings is 1. The number of nitrogens with zero attached hydrogens (tertiary/aromatic N) is 4. The topological polar surface area (TPSA) is 152 Å². The molecule has 13 heteroatoms. The summed E-state index contributed by atoms with van der Waals surface area (Å²) < 4.78 is 33.8. The Bertz CT molecular complexity index is 1610. The number of carbonyl (C=O) groups excluding carboxylic acids is 1. The van der Waals surface area contributed by atoms with Gasteiger partial charge in [0.1, 0.15) is 17.4 Å². The second kappa shape index (κ2) is 13.2. The Morgan fingerprint density at radius 1 is 1.00 bits per heavy atom. The predicted octanol–water partition coefficient (Wildman–Crippen LogP) is 4.45. The van der Waals surface area contributed by atoms with Gasteiger partial charge in [0.05, 0.1) is 17.7 Å². The van der Waals surface area contributed by atoms with Crippen LogP contribution in [0.5, 0.6) is 0 Å². The maximum atomic E-state index is 13.7. The van der Waals surface area contributed by atoms with Gasteiger partial charge in [-0.2, -0.15) is 4.31 Å². The van der Waals surface area contributed by atoms with E-state index in [4.69, 9.17) is 4.74 Å². The lowest BCUT2D eigenvalue weighted by Gasteiger charge is -2.22. The molecule has 0 amide bonds. The zero-order valence-corrected chi connectivity index (χ0v) is 24.9. The Hall–Kier alpha value is -4.20. The van der Waals surface area contributed by atoms with E-state index in [-0.39, 0.29) is 23.9 Å². The minimum absolute atomic E-state index is 0.0386. The molecular weight excluding hydrogens is 578 g/mol. The fourth-order valence-corrected chi connectivity index (χ4v) is 5.71. The predicted molar refractivity (Wildman–Crippen MR) is 158 cm³/mol. The van der Waals surface area contributed by atoms with Crippen LogP contribution in [0, 0.1) is 5.41 Å². The van der Waals surface area contributed by atoms with E-state index in [9.17, 15) is 23.1 Å². The van der Waals surface area contributed by atoms with Gasteiger partial charge in [0, 0.05) is 29.9 Å². The molecule has 1 aromatic carbocycles. The number of hydrogen-bond acceptors (Lipinski definition) is 10. The summed E-state index contributed by atoms with van der Waals surface area (Å²) in [5.41, 5.74) is 1.25. The number of aromatic nitrogens is 3. The standard InChI is InChI=1S/C29H31N5O6S2/c1-29(2,3)28(37)40-19-23(27(35)36)33-24-8-6-7-22(32-24)18-34(42(38,39)25-9-4-5-14-30-25)17-20-10-12-21(13-11-20)26-31-15-16-41-26/h4-16,23H,17-19H2,1-3H3,(H,32,33)(H,35,36). The van der Waals surface area contributed by atoms with Crippen molar-refractivity contribution in [2.75, 3.05) is 11.9 Å². The second-order valence-electron chi connectivity index (χ2n) is 10.4. The van der Waals surface area contributed by atoms with Gasteiger partial charge in [-0.05, 0) is 50.6 Å². The number of hydrogen-bond donors (Lipinski definition) is 2. The highest BCUT2D eigenvalue weighted by Crippen LogP contribution is 2.24. The van der Waals surface area contributed by atoms with Crippen molar-refractivity contribution in [1.82, 2.24) is 19.3 Å². The van der Waals surface area contributed by atoms with E-state index >= 15 is 0 Å². The van der Waals surface area contributed by atoms with Crippen molar-refractivity contribution in [3.8, 4) is 10.6 Å². The van der Waals surface area contributed by atoms with Crippen molar-refractivity contribution in [2.24, 2.45) is 5.41 Å². The van der Waals surface area contributed by atoms with Crippen molar-refractivity contribution < 1.29 is 27.9 Å². The zero-order valence-electron chi connectivity index (χ0n) is 23.3. The Morgan fingerprint density at radius 2 is 1.76 bits per heavy atom. The molecule has 1 unspecified atom stereocenters. The van der Waals surface area contributed by atoms with Crippen LogP contribution in [-0.2, 0) is 37.4 Å². The first kappa shape index (κ1) is 30.8. The summed E-state index contributed by atoms with van der Waals surface area (Å²) in [6.45, 7) is 4.53. The smallest absolute Gasteiger partial charge is 0.329 e. The molecule has 0 radical (unpaired) electrons. The molecule has 0 saturated carbocycles. The summed E-state index contributed by atoms with van der Waals surface area (Å²) in [5, 5.41) is 15.1. The lowest BCUT2D eigenvalue weighted by Crippen LogP contribution is -2.37. The third-order valence-corrected chi connectivity index (χ3v) is 8.52. The van der Waals surface area contributed by atoms with E-state index in [0.29, 0.717) is 5.69 Å². The lowest BCUT2D eigenvalue weighted by molar-refractivity contribution is -0.155. The van der Waals surface area contributed by atoms with Crippen molar-refractivity contribution in [1.29, 1.82) is 0 Å². The number of carbonyl (C=O) groups is 2. The summed E-state index contributed by atoms with van der Waals surface area (Å²) >= 11 is 1.51. The van der Waals surface area contributed by atoms with E-state index in [0.717, 1.165) is 16.1 Å². The van der Waals surface area contributed by atoms with Crippen molar-refractivity contribution in [2.45, 2.75) is 44.9 Å². The van der Waals surface area contributed by atoms with Gasteiger partial charge in [0.25, 0.3) is 10.0 Å². The van der Waals surface area contributed by atoms with E-state index in [1.165, 1.54) is 27.9 Å². The van der Waals surface area contributed by atoms with Crippen LogP contribution in [0.1, 0.15) is 32.0 Å². The number of sulfonamides is 1. The number of thiazole rings is 1. The molecule has 1 atom stereocenters. The van der Waals surface area contributed by atoms with Crippen LogP contribution < -0.4 is 5.32 Å². The molecule has 0 aliphatic carbocycles. The molecule has 0 saturated heterocycles. The Morgan fingerprint density at radius 3 is 2.38 bits per heavy atom. The van der Waals surface area contributed by atoms with Gasteiger partial charge in [-0.15, -0.1) is 11.3 Å². The number of esters is 1. The summed E-state index contributed by atoms with van der Waals surface area (Å²) in [6, 6.07) is 15.7. The van der Waals surface area contributed by atoms with Crippen LogP contribution in [0.15, 0.2) is 83.5 Å². The molecule has 0 bridgehead atoms. The summed E-state index contributed by atoms with van der Waals surface area (Å²) in [6.07, 6.45) is 3.14. The molecule has 11 nitrogen and oxygen atoms in total. The van der Waals surface area contributed by atoms with Crippen molar-refractivity contribution in [3.05, 3.63) is 89.7 Å². The molecule has 3 heterocycles. The molecule has 0 aliphatic rings. The second-order valence-corrected chi connectivity index (χ2v) is 13.2. The van der Waals surface area contributed by atoms with Crippen LogP contribution in [0.4, 0.5) is 5.82 Å². The number of ether oxygens (including phenoxy) is 1. The normalized spacial score (nSPS) is 12.6. The molecule has 2 N–H and O–H groups in total. The molecule has 4 aromatic rings. The largest absolute Gasteiger partial charge is 0.480 e. The fourth-order valence-electron chi connectivity index (χ4n) is 3.74. The van der Waals surface area contributed by atoms with Crippen LogP contribution in [-0.4, -0.2) is 57.4 Å². The first-order chi connectivity index (χ1) is 19.9. The van der Waals surface area contributed by atoms with E-state index < -0.39 is 40.0 Å². The third-order valence-electron chi connectivity index (χ3n) is 5.99. The highest BCUT2D eigenvalue weighted by Gasteiger charge is 2.28. The number of carboxylic acids is 1. The van der Waals surface area contributed by atoms with Crippen molar-refractivity contribution >= 4 is 39.1 Å². The Kier molecular flexibility index (Phi) is 9.66. The van der Waals surface area contributed by atoms with Crippen LogP contribution >= 0.6 is 11.3 Å². The summed E-state index contributed by atoms with van der Waals surface area (Å²) in [4.78, 5) is 36.8. The van der Waals surface area contributed by atoms with E-state index in [2.05, 4.69) is 20.3 Å². The highest BCUT2D eigenvalue weighted by molar-refractivity contribution is 7.89. The number of pyridine rings is 2. The maximum Gasteiger partial charge on any atom is 0.329 e. The third kappa shape index (κ3) is 7.96. The van der Waals surface area contributed by atoms with Crippen LogP contribution in [0.2, 0.25) is 0 Å². The number of rotatable bonds is 12. The van der Waals surface area contributed by atoms with Gasteiger partial charge in [-0.25, -0.2) is 28.2 Å². The van der Waals surface area contributed by atoms with Crippen molar-refractivity contribution in [3.63, 3.8) is 0 Å². The highest BCUT2D eigenvalue weighted by atomic mass is 32.2. The molecule has 42 heavy (non-hydrogen) atoms. The Labute approximate surface area is 248 Å². The molecule has 0 aliphatic heterocycles. The minimum Gasteiger partial charge on any atom is -0.480 e. The maximum absolute atomic E-state index is 13.7. The minimum atomic E-state index is -4.03. The average molecular weight is 610 g/mol. The molecule has 220 valence electrons. The molecular formula is C29H31N5O6S2. The first-order valence-electron chi connectivity index (χ1n) is 13.0. The van der Waals surface area contributed by atoms with E-state index in [1.54, 1.807) is 57.3 Å². The molecule has 3 aromatic heterocycles. The number of anilines is 1. The lowest BCUT2D eigenvalue weighted by atomic mass is 9.97. The van der Waals surface area contributed by atoms with Crippen LogP contribution in [0.3, 0.4) is 0 Å². The van der Waals surface area contributed by atoms with Gasteiger partial charge < -0.3 is 15.2 Å². The number of carboxylic acid groups (broad SMARTS) is 1. The molecule has 4 rings (SSSR count). The zero-order chi connectivity index (χ0) is 30.3. The average Bonchev–Trinajstić information content (AvgIpc) is 3.50. The van der Waals surface area contributed by atoms with Gasteiger partial charge in [0.15, 0.2) is 11.1 Å². The van der Waals surface area contributed by atoms with Gasteiger partial charge in [-0.1, -0.05) is 36.4 Å². The van der Waals surface area contributed by atoms with E-state index in [1.807, 2.05) is 29.6 Å². The van der Waals surface area contributed by atoms with Crippen LogP contribution in [0.25, 0.3) is 10.6 Å². The SMILES string of the molecule is CC(C)(C)C(=O)OCC(Nc1cccc(CN(Cc2ccc(-c3nccs3)cc2)S(=O)(=O)c2ccccn2)n1)C(=O)O. The quantitative estimate of drug-likeness (QED) is 0.221. The summed E-state index contributed by atoms with van der Waals surface area (Å²) in [7, 11) is -4.03. The van der Waals surface area contributed by atoms with Gasteiger partial charge in [-0.3, -0.25) is 4.79 Å². The number of nitrogens with one attached hydrogen (secondary N) is 1. The fraction of sp³-hybridized carbons (Fsp3) is 0.276.